The molecule has 0 bridgehead atoms. The van der Waals surface area contributed by atoms with Crippen molar-refractivity contribution in [3.05, 3.63) is 36.4 Å². The molecule has 0 saturated carbocycles. The molecule has 1 aromatic carbocycles. The van der Waals surface area contributed by atoms with E-state index in [1.807, 2.05) is 30.3 Å². The SMILES string of the molecule is CO.Cl.Cl.[Ti].[c-]1ccccc1. The standard InChI is InChI=1S/C6H5.CH4O.2ClH.Ti/c1-2-4-6-5-3-1;1-2;;;/h1-5H;2H,1H3;2*1H;/q-1;;;;. The number of halogens is 2. The van der Waals surface area contributed by atoms with E-state index in [9.17, 15) is 0 Å². The van der Waals surface area contributed by atoms with Gasteiger partial charge < -0.3 is 5.11 Å². The third kappa shape index (κ3) is 17.9. The predicted molar refractivity (Wildman–Crippen MR) is 47.9 cm³/mol. The van der Waals surface area contributed by atoms with Crippen LogP contribution in [0.5, 0.6) is 0 Å². The van der Waals surface area contributed by atoms with Crippen molar-refractivity contribution in [2.45, 2.75) is 0 Å². The van der Waals surface area contributed by atoms with Crippen molar-refractivity contribution in [2.75, 3.05) is 7.11 Å². The Kier molecular flexibility index (Phi) is 45.9. The smallest absolute Gasteiger partial charge is 0.0319 e. The van der Waals surface area contributed by atoms with E-state index < -0.39 is 0 Å². The molecular formula is C7H11Cl2OTi-. The van der Waals surface area contributed by atoms with E-state index in [1.54, 1.807) is 0 Å². The van der Waals surface area contributed by atoms with Crippen LogP contribution in [0.4, 0.5) is 0 Å². The minimum absolute atomic E-state index is 0. The second-order valence-corrected chi connectivity index (χ2v) is 1.08. The van der Waals surface area contributed by atoms with Gasteiger partial charge in [-0.15, -0.1) is 24.8 Å². The second kappa shape index (κ2) is 22.4. The maximum Gasteiger partial charge on any atom is 0.0319 e. The van der Waals surface area contributed by atoms with E-state index in [0.717, 1.165) is 7.11 Å². The van der Waals surface area contributed by atoms with Gasteiger partial charge in [0.2, 0.25) is 0 Å². The summed E-state index contributed by atoms with van der Waals surface area (Å²) in [5.74, 6) is 0. The van der Waals surface area contributed by atoms with Gasteiger partial charge in [0, 0.05) is 28.8 Å². The molecule has 0 aromatic heterocycles. The molecule has 0 spiro atoms. The maximum atomic E-state index is 7.00. The van der Waals surface area contributed by atoms with Crippen LogP contribution in [-0.4, -0.2) is 12.2 Å². The molecule has 1 aromatic rings. The molecule has 64 valence electrons. The Balaban J connectivity index is -0.0000000459. The molecule has 1 nitrogen and oxygen atoms in total. The molecule has 0 heterocycles. The Hall–Kier alpha value is 0.474. The van der Waals surface area contributed by atoms with Crippen molar-refractivity contribution in [1.82, 2.24) is 0 Å². The molecule has 0 radical (unpaired) electrons. The van der Waals surface area contributed by atoms with Crippen molar-refractivity contribution in [2.24, 2.45) is 0 Å². The fourth-order valence-electron chi connectivity index (χ4n) is 0.342. The Morgan fingerprint density at radius 3 is 1.36 bits per heavy atom. The molecule has 0 aliphatic heterocycles. The van der Waals surface area contributed by atoms with Crippen molar-refractivity contribution in [1.29, 1.82) is 0 Å². The second-order valence-electron chi connectivity index (χ2n) is 1.08. The Morgan fingerprint density at radius 2 is 1.27 bits per heavy atom. The van der Waals surface area contributed by atoms with Crippen molar-refractivity contribution < 1.29 is 26.8 Å². The summed E-state index contributed by atoms with van der Waals surface area (Å²) < 4.78 is 0. The van der Waals surface area contributed by atoms with Gasteiger partial charge >= 0.3 is 0 Å². The van der Waals surface area contributed by atoms with Crippen molar-refractivity contribution in [3.8, 4) is 0 Å². The first-order chi connectivity index (χ1) is 4.00. The van der Waals surface area contributed by atoms with Crippen LogP contribution in [0.25, 0.3) is 0 Å². The van der Waals surface area contributed by atoms with Gasteiger partial charge in [-0.25, -0.2) is 0 Å². The van der Waals surface area contributed by atoms with Gasteiger partial charge in [-0.3, -0.25) is 0 Å². The molecule has 4 heteroatoms. The third-order valence-electron chi connectivity index (χ3n) is 0.607. The van der Waals surface area contributed by atoms with Gasteiger partial charge in [-0.2, -0.15) is 36.4 Å². The summed E-state index contributed by atoms with van der Waals surface area (Å²) in [5.41, 5.74) is 0. The van der Waals surface area contributed by atoms with E-state index in [0.29, 0.717) is 0 Å². The molecule has 0 fully saturated rings. The minimum Gasteiger partial charge on any atom is -0.400 e. The summed E-state index contributed by atoms with van der Waals surface area (Å²) in [6.45, 7) is 0. The molecule has 1 rings (SSSR count). The topological polar surface area (TPSA) is 20.2 Å². The van der Waals surface area contributed by atoms with Gasteiger partial charge in [0.25, 0.3) is 0 Å². The fraction of sp³-hybridized carbons (Fsp3) is 0.143. The van der Waals surface area contributed by atoms with Crippen LogP contribution in [-0.2, 0) is 21.7 Å². The first-order valence-corrected chi connectivity index (χ1v) is 2.36. The molecule has 0 saturated heterocycles. The molecule has 0 amide bonds. The summed E-state index contributed by atoms with van der Waals surface area (Å²) in [6, 6.07) is 12.5. The first-order valence-electron chi connectivity index (χ1n) is 2.36. The zero-order valence-corrected chi connectivity index (χ0v) is 9.35. The Morgan fingerprint density at radius 1 is 0.909 bits per heavy atom. The summed E-state index contributed by atoms with van der Waals surface area (Å²) in [5, 5.41) is 7.00. The van der Waals surface area contributed by atoms with Crippen LogP contribution in [0, 0.1) is 6.07 Å². The van der Waals surface area contributed by atoms with E-state index >= 15 is 0 Å². The zero-order chi connectivity index (χ0) is 6.24. The minimum atomic E-state index is 0. The average Bonchev–Trinajstić information content (AvgIpc) is 1.96. The van der Waals surface area contributed by atoms with Gasteiger partial charge in [0.1, 0.15) is 0 Å². The van der Waals surface area contributed by atoms with Crippen LogP contribution < -0.4 is 0 Å². The third-order valence-corrected chi connectivity index (χ3v) is 0.607. The normalized spacial score (nSPS) is 4.91. The largest absolute Gasteiger partial charge is 0.400 e. The molecule has 0 aliphatic carbocycles. The summed E-state index contributed by atoms with van der Waals surface area (Å²) in [7, 11) is 1.00. The Labute approximate surface area is 94.9 Å². The van der Waals surface area contributed by atoms with E-state index in [-0.39, 0.29) is 46.5 Å². The average molecular weight is 230 g/mol. The number of aliphatic hydroxyl groups is 1. The van der Waals surface area contributed by atoms with Gasteiger partial charge in [-0.1, -0.05) is 0 Å². The monoisotopic (exact) mass is 229 g/mol. The summed E-state index contributed by atoms with van der Waals surface area (Å²) in [4.78, 5) is 0. The maximum absolute atomic E-state index is 7.00. The van der Waals surface area contributed by atoms with Crippen LogP contribution >= 0.6 is 24.8 Å². The molecule has 0 aliphatic rings. The van der Waals surface area contributed by atoms with Crippen LogP contribution in [0.15, 0.2) is 30.3 Å². The van der Waals surface area contributed by atoms with Crippen molar-refractivity contribution in [3.63, 3.8) is 0 Å². The van der Waals surface area contributed by atoms with E-state index in [4.69, 9.17) is 5.11 Å². The van der Waals surface area contributed by atoms with E-state index in [1.165, 1.54) is 0 Å². The van der Waals surface area contributed by atoms with Gasteiger partial charge in [0.15, 0.2) is 0 Å². The van der Waals surface area contributed by atoms with Crippen molar-refractivity contribution >= 4 is 24.8 Å². The van der Waals surface area contributed by atoms with Crippen LogP contribution in [0.2, 0.25) is 0 Å². The molecule has 11 heavy (non-hydrogen) atoms. The molecule has 0 unspecified atom stereocenters. The molecule has 0 atom stereocenters. The van der Waals surface area contributed by atoms with Crippen LogP contribution in [0.1, 0.15) is 0 Å². The fourth-order valence-corrected chi connectivity index (χ4v) is 0.342. The van der Waals surface area contributed by atoms with Crippen LogP contribution in [0.3, 0.4) is 0 Å². The summed E-state index contributed by atoms with van der Waals surface area (Å²) in [6.07, 6.45) is 0. The first kappa shape index (κ1) is 22.5. The molecular weight excluding hydrogens is 219 g/mol. The number of hydrogen-bond acceptors (Lipinski definition) is 1. The Bertz CT molecular complexity index is 88.4. The van der Waals surface area contributed by atoms with Gasteiger partial charge in [0.05, 0.1) is 0 Å². The zero-order valence-electron chi connectivity index (χ0n) is 6.15. The number of hydrogen-bond donors (Lipinski definition) is 1. The number of benzene rings is 1. The number of rotatable bonds is 0. The number of aliphatic hydroxyl groups excluding tert-OH is 1. The van der Waals surface area contributed by atoms with Gasteiger partial charge in [-0.05, 0) is 0 Å². The quantitative estimate of drug-likeness (QED) is 0.533. The van der Waals surface area contributed by atoms with E-state index in [2.05, 4.69) is 6.07 Å². The predicted octanol–water partition coefficient (Wildman–Crippen LogP) is 1.94. The summed E-state index contributed by atoms with van der Waals surface area (Å²) >= 11 is 0. The molecule has 1 N–H and O–H groups in total.